The van der Waals surface area contributed by atoms with Crippen molar-refractivity contribution in [1.29, 1.82) is 0 Å². The number of carbonyl (C=O) groups is 2. The standard InChI is InChI=1S/C12H13ClO3/c1-8(14)11(12(15)16-2)7-9-4-3-5-10(13)6-9/h3-6,11H,7H2,1-2H3. The number of methoxy groups -OCH3 is 1. The Bertz CT molecular complexity index is 401. The molecule has 1 rings (SSSR count). The normalized spacial score (nSPS) is 11.9. The number of hydrogen-bond donors (Lipinski definition) is 0. The second-order valence-corrected chi connectivity index (χ2v) is 3.96. The number of esters is 1. The van der Waals surface area contributed by atoms with E-state index in [2.05, 4.69) is 4.74 Å². The van der Waals surface area contributed by atoms with Gasteiger partial charge in [0.25, 0.3) is 0 Å². The lowest BCUT2D eigenvalue weighted by Gasteiger charge is -2.11. The SMILES string of the molecule is COC(=O)C(Cc1cccc(Cl)c1)C(C)=O. The van der Waals surface area contributed by atoms with Gasteiger partial charge in [0, 0.05) is 5.02 Å². The zero-order valence-electron chi connectivity index (χ0n) is 9.20. The highest BCUT2D eigenvalue weighted by atomic mass is 35.5. The number of ether oxygens (including phenoxy) is 1. The summed E-state index contributed by atoms with van der Waals surface area (Å²) in [4.78, 5) is 22.7. The van der Waals surface area contributed by atoms with Crippen LogP contribution in [0.3, 0.4) is 0 Å². The third-order valence-electron chi connectivity index (χ3n) is 2.31. The predicted octanol–water partition coefficient (Wildman–Crippen LogP) is 2.26. The number of hydrogen-bond acceptors (Lipinski definition) is 3. The molecule has 3 nitrogen and oxygen atoms in total. The van der Waals surface area contributed by atoms with Crippen LogP contribution in [0.4, 0.5) is 0 Å². The Morgan fingerprint density at radius 2 is 2.12 bits per heavy atom. The fourth-order valence-electron chi connectivity index (χ4n) is 1.43. The van der Waals surface area contributed by atoms with E-state index in [4.69, 9.17) is 11.6 Å². The van der Waals surface area contributed by atoms with Gasteiger partial charge in [0.1, 0.15) is 11.7 Å². The van der Waals surface area contributed by atoms with E-state index in [1.54, 1.807) is 18.2 Å². The van der Waals surface area contributed by atoms with Crippen LogP contribution in [0.25, 0.3) is 0 Å². The zero-order chi connectivity index (χ0) is 12.1. The topological polar surface area (TPSA) is 43.4 Å². The van der Waals surface area contributed by atoms with E-state index in [0.29, 0.717) is 11.4 Å². The van der Waals surface area contributed by atoms with Crippen LogP contribution in [0.1, 0.15) is 12.5 Å². The minimum Gasteiger partial charge on any atom is -0.468 e. The summed E-state index contributed by atoms with van der Waals surface area (Å²) in [6, 6.07) is 7.09. The van der Waals surface area contributed by atoms with E-state index in [9.17, 15) is 9.59 Å². The average molecular weight is 241 g/mol. The van der Waals surface area contributed by atoms with Crippen molar-refractivity contribution in [2.45, 2.75) is 13.3 Å². The zero-order valence-corrected chi connectivity index (χ0v) is 9.95. The van der Waals surface area contributed by atoms with Gasteiger partial charge in [-0.25, -0.2) is 0 Å². The molecule has 0 aliphatic heterocycles. The summed E-state index contributed by atoms with van der Waals surface area (Å²) in [5.74, 6) is -1.46. The van der Waals surface area contributed by atoms with Gasteiger partial charge >= 0.3 is 5.97 Å². The molecule has 0 saturated carbocycles. The summed E-state index contributed by atoms with van der Waals surface area (Å²) in [6.45, 7) is 1.38. The third-order valence-corrected chi connectivity index (χ3v) is 2.54. The van der Waals surface area contributed by atoms with Gasteiger partial charge in [-0.2, -0.15) is 0 Å². The van der Waals surface area contributed by atoms with Crippen LogP contribution in [0, 0.1) is 5.92 Å². The van der Waals surface area contributed by atoms with Crippen LogP contribution >= 0.6 is 11.6 Å². The van der Waals surface area contributed by atoms with Gasteiger partial charge in [-0.3, -0.25) is 9.59 Å². The van der Waals surface area contributed by atoms with Gasteiger partial charge in [0.05, 0.1) is 7.11 Å². The fourth-order valence-corrected chi connectivity index (χ4v) is 1.65. The van der Waals surface area contributed by atoms with Crippen molar-refractivity contribution >= 4 is 23.4 Å². The van der Waals surface area contributed by atoms with E-state index in [1.165, 1.54) is 14.0 Å². The quantitative estimate of drug-likeness (QED) is 0.599. The van der Waals surface area contributed by atoms with Crippen molar-refractivity contribution in [3.8, 4) is 0 Å². The Labute approximate surface area is 99.4 Å². The first kappa shape index (κ1) is 12.7. The lowest BCUT2D eigenvalue weighted by Crippen LogP contribution is -2.25. The molecule has 1 atom stereocenters. The van der Waals surface area contributed by atoms with Gasteiger partial charge in [-0.15, -0.1) is 0 Å². The lowest BCUT2D eigenvalue weighted by molar-refractivity contribution is -0.148. The molecule has 4 heteroatoms. The second kappa shape index (κ2) is 5.66. The van der Waals surface area contributed by atoms with Crippen LogP contribution in [-0.2, 0) is 20.7 Å². The Kier molecular flexibility index (Phi) is 4.50. The molecule has 0 spiro atoms. The van der Waals surface area contributed by atoms with Crippen molar-refractivity contribution in [3.63, 3.8) is 0 Å². The summed E-state index contributed by atoms with van der Waals surface area (Å²) in [5.41, 5.74) is 0.845. The molecule has 86 valence electrons. The van der Waals surface area contributed by atoms with Crippen molar-refractivity contribution in [2.24, 2.45) is 5.92 Å². The van der Waals surface area contributed by atoms with Crippen molar-refractivity contribution in [1.82, 2.24) is 0 Å². The molecule has 0 N–H and O–H groups in total. The Hall–Kier alpha value is -1.35. The van der Waals surface area contributed by atoms with Gasteiger partial charge in [-0.05, 0) is 31.0 Å². The third kappa shape index (κ3) is 3.35. The van der Waals surface area contributed by atoms with Crippen molar-refractivity contribution < 1.29 is 14.3 Å². The van der Waals surface area contributed by atoms with Gasteiger partial charge in [-0.1, -0.05) is 23.7 Å². The van der Waals surface area contributed by atoms with Crippen LogP contribution in [0.2, 0.25) is 5.02 Å². The van der Waals surface area contributed by atoms with E-state index in [0.717, 1.165) is 5.56 Å². The minimum atomic E-state index is -0.747. The van der Waals surface area contributed by atoms with Gasteiger partial charge in [0.15, 0.2) is 0 Å². The smallest absolute Gasteiger partial charge is 0.316 e. The number of rotatable bonds is 4. The lowest BCUT2D eigenvalue weighted by atomic mass is 9.96. The molecule has 0 heterocycles. The number of ketones is 1. The van der Waals surface area contributed by atoms with Gasteiger partial charge < -0.3 is 4.74 Å². The number of halogens is 1. The highest BCUT2D eigenvalue weighted by Gasteiger charge is 2.24. The molecule has 0 aliphatic carbocycles. The molecule has 0 aliphatic rings. The maximum Gasteiger partial charge on any atom is 0.316 e. The number of Topliss-reactive ketones (excluding diaryl/α,β-unsaturated/α-hetero) is 1. The molecule has 0 aromatic heterocycles. The molecule has 1 aromatic carbocycles. The molecular formula is C12H13ClO3. The molecule has 1 aromatic rings. The summed E-state index contributed by atoms with van der Waals surface area (Å²) < 4.78 is 4.58. The first-order valence-electron chi connectivity index (χ1n) is 4.87. The van der Waals surface area contributed by atoms with Crippen LogP contribution in [0.5, 0.6) is 0 Å². The van der Waals surface area contributed by atoms with Crippen molar-refractivity contribution in [3.05, 3.63) is 34.9 Å². The number of benzene rings is 1. The van der Waals surface area contributed by atoms with E-state index in [-0.39, 0.29) is 5.78 Å². The molecule has 16 heavy (non-hydrogen) atoms. The highest BCUT2D eigenvalue weighted by Crippen LogP contribution is 2.16. The van der Waals surface area contributed by atoms with Crippen LogP contribution in [0.15, 0.2) is 24.3 Å². The summed E-state index contributed by atoms with van der Waals surface area (Å²) >= 11 is 5.82. The van der Waals surface area contributed by atoms with E-state index >= 15 is 0 Å². The Morgan fingerprint density at radius 1 is 1.44 bits per heavy atom. The summed E-state index contributed by atoms with van der Waals surface area (Å²) in [6.07, 6.45) is 0.322. The molecule has 0 fully saturated rings. The molecular weight excluding hydrogens is 228 g/mol. The summed E-state index contributed by atoms with van der Waals surface area (Å²) in [5, 5.41) is 0.588. The Balaban J connectivity index is 2.84. The highest BCUT2D eigenvalue weighted by molar-refractivity contribution is 6.30. The van der Waals surface area contributed by atoms with E-state index < -0.39 is 11.9 Å². The predicted molar refractivity (Wildman–Crippen MR) is 61.3 cm³/mol. The molecule has 1 unspecified atom stereocenters. The number of carbonyl (C=O) groups excluding carboxylic acids is 2. The molecule has 0 saturated heterocycles. The van der Waals surface area contributed by atoms with Crippen molar-refractivity contribution in [2.75, 3.05) is 7.11 Å². The Morgan fingerprint density at radius 3 is 2.62 bits per heavy atom. The largest absolute Gasteiger partial charge is 0.468 e. The first-order valence-corrected chi connectivity index (χ1v) is 5.25. The molecule has 0 radical (unpaired) electrons. The van der Waals surface area contributed by atoms with Crippen LogP contribution < -0.4 is 0 Å². The van der Waals surface area contributed by atoms with Crippen LogP contribution in [-0.4, -0.2) is 18.9 Å². The van der Waals surface area contributed by atoms with Gasteiger partial charge in [0.2, 0.25) is 0 Å². The van der Waals surface area contributed by atoms with E-state index in [1.807, 2.05) is 6.07 Å². The molecule has 0 bridgehead atoms. The minimum absolute atomic E-state index is 0.202. The molecule has 0 amide bonds. The maximum atomic E-state index is 11.4. The maximum absolute atomic E-state index is 11.4. The average Bonchev–Trinajstić information content (AvgIpc) is 2.24. The first-order chi connectivity index (χ1) is 7.54. The monoisotopic (exact) mass is 240 g/mol. The summed E-state index contributed by atoms with van der Waals surface area (Å²) in [7, 11) is 1.27. The fraction of sp³-hybridized carbons (Fsp3) is 0.333. The second-order valence-electron chi connectivity index (χ2n) is 3.52.